The lowest BCUT2D eigenvalue weighted by Crippen LogP contribution is -2.39. The summed E-state index contributed by atoms with van der Waals surface area (Å²) in [5.41, 5.74) is 2.09. The molecule has 2 aromatic rings. The molecule has 0 aliphatic carbocycles. The largest absolute Gasteiger partial charge is 0.493 e. The van der Waals surface area contributed by atoms with E-state index >= 15 is 0 Å². The van der Waals surface area contributed by atoms with Gasteiger partial charge in [0.1, 0.15) is 5.75 Å². The van der Waals surface area contributed by atoms with Crippen LogP contribution in [0.2, 0.25) is 0 Å². The van der Waals surface area contributed by atoms with E-state index in [-0.39, 0.29) is 18.4 Å². The normalized spacial score (nSPS) is 13.0. The molecule has 1 aliphatic heterocycles. The number of hydrogen-bond donors (Lipinski definition) is 1. The fourth-order valence-corrected chi connectivity index (χ4v) is 3.36. The number of ether oxygens (including phenoxy) is 3. The topological polar surface area (TPSA) is 77.1 Å². The molecule has 7 nitrogen and oxygen atoms in total. The SMILES string of the molecule is CCCCCN1C(=O)COc2ccc(NC(=O)/C=C/c3ccc(OC)c(OC)c3)cc21. The highest BCUT2D eigenvalue weighted by atomic mass is 16.5. The molecule has 0 radical (unpaired) electrons. The third kappa shape index (κ3) is 5.57. The van der Waals surface area contributed by atoms with E-state index in [0.29, 0.717) is 35.2 Å². The number of nitrogens with one attached hydrogen (secondary N) is 1. The van der Waals surface area contributed by atoms with E-state index in [9.17, 15) is 9.59 Å². The maximum atomic E-state index is 12.4. The highest BCUT2D eigenvalue weighted by molar-refractivity contribution is 6.03. The van der Waals surface area contributed by atoms with Gasteiger partial charge in [-0.3, -0.25) is 9.59 Å². The number of nitrogens with zero attached hydrogens (tertiary/aromatic N) is 1. The number of carbonyl (C=O) groups is 2. The first kappa shape index (κ1) is 22.2. The van der Waals surface area contributed by atoms with Crippen LogP contribution in [0.5, 0.6) is 17.2 Å². The van der Waals surface area contributed by atoms with Gasteiger partial charge in [-0.15, -0.1) is 0 Å². The van der Waals surface area contributed by atoms with Gasteiger partial charge in [0.15, 0.2) is 18.1 Å². The summed E-state index contributed by atoms with van der Waals surface area (Å²) >= 11 is 0. The molecule has 0 saturated carbocycles. The zero-order chi connectivity index (χ0) is 22.2. The number of methoxy groups -OCH3 is 2. The third-order valence-corrected chi connectivity index (χ3v) is 4.99. The van der Waals surface area contributed by atoms with Crippen LogP contribution in [0.4, 0.5) is 11.4 Å². The Morgan fingerprint density at radius 2 is 1.94 bits per heavy atom. The number of carbonyl (C=O) groups excluding carboxylic acids is 2. The van der Waals surface area contributed by atoms with Crippen molar-refractivity contribution >= 4 is 29.3 Å². The summed E-state index contributed by atoms with van der Waals surface area (Å²) in [7, 11) is 3.14. The van der Waals surface area contributed by atoms with E-state index in [0.717, 1.165) is 24.8 Å². The molecule has 2 amide bonds. The number of benzene rings is 2. The molecule has 0 unspecified atom stereocenters. The van der Waals surface area contributed by atoms with Crippen molar-refractivity contribution < 1.29 is 23.8 Å². The molecule has 0 spiro atoms. The predicted octanol–water partition coefficient (Wildman–Crippen LogP) is 4.27. The fourth-order valence-electron chi connectivity index (χ4n) is 3.36. The van der Waals surface area contributed by atoms with Crippen molar-refractivity contribution in [3.05, 3.63) is 48.0 Å². The Kier molecular flexibility index (Phi) is 7.54. The van der Waals surface area contributed by atoms with Gasteiger partial charge in [-0.05, 0) is 48.4 Å². The molecule has 0 aromatic heterocycles. The number of fused-ring (bicyclic) bond motifs is 1. The Morgan fingerprint density at radius 3 is 2.68 bits per heavy atom. The van der Waals surface area contributed by atoms with Crippen molar-refractivity contribution in [1.82, 2.24) is 0 Å². The number of rotatable bonds is 9. The Hall–Kier alpha value is -3.48. The minimum atomic E-state index is -0.282. The molecule has 0 atom stereocenters. The minimum Gasteiger partial charge on any atom is -0.493 e. The number of amides is 2. The van der Waals surface area contributed by atoms with Gasteiger partial charge >= 0.3 is 0 Å². The molecular weight excluding hydrogens is 396 g/mol. The van der Waals surface area contributed by atoms with Crippen LogP contribution in [0.3, 0.4) is 0 Å². The van der Waals surface area contributed by atoms with Crippen LogP contribution in [0, 0.1) is 0 Å². The van der Waals surface area contributed by atoms with Gasteiger partial charge in [0.05, 0.1) is 19.9 Å². The van der Waals surface area contributed by atoms with E-state index < -0.39 is 0 Å². The smallest absolute Gasteiger partial charge is 0.265 e. The van der Waals surface area contributed by atoms with Crippen molar-refractivity contribution in [1.29, 1.82) is 0 Å². The lowest BCUT2D eigenvalue weighted by Gasteiger charge is -2.29. The maximum absolute atomic E-state index is 12.4. The van der Waals surface area contributed by atoms with Crippen LogP contribution in [0.25, 0.3) is 6.08 Å². The Balaban J connectivity index is 1.71. The van der Waals surface area contributed by atoms with E-state index in [1.165, 1.54) is 6.08 Å². The molecule has 1 aliphatic rings. The molecule has 0 bridgehead atoms. The van der Waals surface area contributed by atoms with Crippen LogP contribution in [0.15, 0.2) is 42.5 Å². The van der Waals surface area contributed by atoms with Gasteiger partial charge in [0, 0.05) is 18.3 Å². The zero-order valence-corrected chi connectivity index (χ0v) is 18.1. The van der Waals surface area contributed by atoms with Gasteiger partial charge in [0.2, 0.25) is 5.91 Å². The molecule has 2 aromatic carbocycles. The van der Waals surface area contributed by atoms with Crippen LogP contribution in [-0.2, 0) is 9.59 Å². The summed E-state index contributed by atoms with van der Waals surface area (Å²) in [6.07, 6.45) is 6.19. The summed E-state index contributed by atoms with van der Waals surface area (Å²) < 4.78 is 16.0. The molecule has 3 rings (SSSR count). The van der Waals surface area contributed by atoms with Crippen molar-refractivity contribution in [3.8, 4) is 17.2 Å². The van der Waals surface area contributed by atoms with Gasteiger partial charge in [-0.2, -0.15) is 0 Å². The summed E-state index contributed by atoms with van der Waals surface area (Å²) in [6, 6.07) is 10.7. The average Bonchev–Trinajstić information content (AvgIpc) is 2.79. The van der Waals surface area contributed by atoms with Crippen molar-refractivity contribution in [2.75, 3.05) is 37.6 Å². The molecule has 1 N–H and O–H groups in total. The van der Waals surface area contributed by atoms with Crippen molar-refractivity contribution in [2.45, 2.75) is 26.2 Å². The maximum Gasteiger partial charge on any atom is 0.265 e. The second-order valence-corrected chi connectivity index (χ2v) is 7.16. The zero-order valence-electron chi connectivity index (χ0n) is 18.1. The molecular formula is C24H28N2O5. The van der Waals surface area contributed by atoms with E-state index in [1.54, 1.807) is 55.5 Å². The van der Waals surface area contributed by atoms with E-state index in [4.69, 9.17) is 14.2 Å². The summed E-state index contributed by atoms with van der Waals surface area (Å²) in [6.45, 7) is 2.80. The second kappa shape index (κ2) is 10.5. The lowest BCUT2D eigenvalue weighted by molar-refractivity contribution is -0.121. The van der Waals surface area contributed by atoms with Crippen molar-refractivity contribution in [2.24, 2.45) is 0 Å². The first-order valence-electron chi connectivity index (χ1n) is 10.3. The van der Waals surface area contributed by atoms with Crippen LogP contribution in [-0.4, -0.2) is 39.2 Å². The Labute approximate surface area is 182 Å². The highest BCUT2D eigenvalue weighted by Gasteiger charge is 2.25. The van der Waals surface area contributed by atoms with E-state index in [1.807, 2.05) is 6.07 Å². The first-order valence-corrected chi connectivity index (χ1v) is 10.3. The Bertz CT molecular complexity index is 970. The number of anilines is 2. The van der Waals surface area contributed by atoms with Gasteiger partial charge in [-0.25, -0.2) is 0 Å². The molecule has 31 heavy (non-hydrogen) atoms. The van der Waals surface area contributed by atoms with Crippen LogP contribution < -0.4 is 24.4 Å². The Morgan fingerprint density at radius 1 is 1.13 bits per heavy atom. The van der Waals surface area contributed by atoms with Crippen LogP contribution >= 0.6 is 0 Å². The molecule has 164 valence electrons. The summed E-state index contributed by atoms with van der Waals surface area (Å²) in [5, 5.41) is 2.84. The van der Waals surface area contributed by atoms with Gasteiger partial charge < -0.3 is 24.4 Å². The highest BCUT2D eigenvalue weighted by Crippen LogP contribution is 2.35. The monoisotopic (exact) mass is 424 g/mol. The van der Waals surface area contributed by atoms with Gasteiger partial charge in [0.25, 0.3) is 5.91 Å². The average molecular weight is 424 g/mol. The fraction of sp³-hybridized carbons (Fsp3) is 0.333. The molecule has 7 heteroatoms. The van der Waals surface area contributed by atoms with Crippen molar-refractivity contribution in [3.63, 3.8) is 0 Å². The van der Waals surface area contributed by atoms with Gasteiger partial charge in [-0.1, -0.05) is 25.8 Å². The van der Waals surface area contributed by atoms with E-state index in [2.05, 4.69) is 12.2 Å². The lowest BCUT2D eigenvalue weighted by atomic mass is 10.1. The number of unbranched alkanes of at least 4 members (excludes halogenated alkanes) is 2. The molecule has 0 fully saturated rings. The quantitative estimate of drug-likeness (QED) is 0.480. The van der Waals surface area contributed by atoms with Crippen LogP contribution in [0.1, 0.15) is 31.7 Å². The molecule has 1 heterocycles. The second-order valence-electron chi connectivity index (χ2n) is 7.16. The first-order chi connectivity index (χ1) is 15.0. The summed E-state index contributed by atoms with van der Waals surface area (Å²) in [4.78, 5) is 26.5. The minimum absolute atomic E-state index is 0.0406. The molecule has 0 saturated heterocycles. The summed E-state index contributed by atoms with van der Waals surface area (Å²) in [5.74, 6) is 1.51. The standard InChI is InChI=1S/C24H28N2O5/c1-4-5-6-13-26-19-15-18(9-11-20(19)31-16-24(26)28)25-23(27)12-8-17-7-10-21(29-2)22(14-17)30-3/h7-12,14-15H,4-6,13,16H2,1-3H3,(H,25,27)/b12-8+. The third-order valence-electron chi connectivity index (χ3n) is 4.99. The number of hydrogen-bond acceptors (Lipinski definition) is 5. The predicted molar refractivity (Wildman–Crippen MR) is 121 cm³/mol.